The van der Waals surface area contributed by atoms with Crippen molar-refractivity contribution in [2.24, 2.45) is 0 Å². The fourth-order valence-electron chi connectivity index (χ4n) is 0. The van der Waals surface area contributed by atoms with Crippen molar-refractivity contribution in [1.29, 1.82) is 0 Å². The van der Waals surface area contributed by atoms with Gasteiger partial charge in [-0.25, -0.2) is 0 Å². The third-order valence-electron chi connectivity index (χ3n) is 0. The van der Waals surface area contributed by atoms with E-state index in [2.05, 4.69) is 25.1 Å². The van der Waals surface area contributed by atoms with Crippen LogP contribution in [0.1, 0.15) is 0 Å². The third-order valence-corrected chi connectivity index (χ3v) is 0. The van der Waals surface area contributed by atoms with Gasteiger partial charge in [-0.3, -0.25) is 13.2 Å². The molecule has 0 heterocycles. The summed E-state index contributed by atoms with van der Waals surface area (Å²) < 4.78 is 0. The monoisotopic (exact) mass is 264 g/mol. The molecule has 0 saturated heterocycles. The molecule has 0 unspecified atom stereocenters. The maximum absolute atomic E-state index is 5.72. The molecule has 0 atom stereocenters. The molecule has 0 fully saturated rings. The molecule has 36 valence electrons. The normalized spacial score (nSPS) is 1.83. The van der Waals surface area contributed by atoms with Gasteiger partial charge >= 0.3 is 22.4 Å². The molecule has 6 heavy (non-hydrogen) atoms. The van der Waals surface area contributed by atoms with Gasteiger partial charge in [0, 0.05) is 0 Å². The summed E-state index contributed by atoms with van der Waals surface area (Å²) in [5, 5.41) is 0. The van der Waals surface area contributed by atoms with E-state index in [1.807, 2.05) is 0 Å². The van der Waals surface area contributed by atoms with Crippen LogP contribution in [0.5, 0.6) is 0 Å². The second kappa shape index (κ2) is 101. The molecule has 2 heteroatoms. The summed E-state index contributed by atoms with van der Waals surface area (Å²) in [6.07, 6.45) is 0. The molecule has 0 radical (unpaired) electrons. The van der Waals surface area contributed by atoms with Gasteiger partial charge in [-0.05, 0) is 0 Å². The summed E-state index contributed by atoms with van der Waals surface area (Å²) in [5.74, 6) is 0. The van der Waals surface area contributed by atoms with Crippen molar-refractivity contribution in [3.63, 3.8) is 0 Å². The minimum atomic E-state index is 0. The van der Waals surface area contributed by atoms with Gasteiger partial charge in [-0.2, -0.15) is 0 Å². The van der Waals surface area contributed by atoms with Crippen molar-refractivity contribution in [3.05, 3.63) is 31.6 Å². The van der Waals surface area contributed by atoms with Crippen LogP contribution in [0.3, 0.4) is 0 Å². The quantitative estimate of drug-likeness (QED) is 0.459. The molecule has 0 amide bonds. The summed E-state index contributed by atoms with van der Waals surface area (Å²) in [5.41, 5.74) is 0. The number of nitrogens with zero attached hydrogens (tertiary/aromatic N) is 1. The van der Waals surface area contributed by atoms with E-state index in [0.29, 0.717) is 0 Å². The van der Waals surface area contributed by atoms with E-state index >= 15 is 0 Å². The Bertz CT molecular complexity index is 37.3. The van der Waals surface area contributed by atoms with E-state index in [1.165, 1.54) is 0 Å². The van der Waals surface area contributed by atoms with E-state index in [4.69, 9.17) is 6.57 Å². The van der Waals surface area contributed by atoms with E-state index in [9.17, 15) is 0 Å². The molecule has 0 N–H and O–H groups in total. The zero-order valence-electron chi connectivity index (χ0n) is 3.24. The minimum absolute atomic E-state index is 0. The van der Waals surface area contributed by atoms with Crippen molar-refractivity contribution in [1.82, 2.24) is 0 Å². The van der Waals surface area contributed by atoms with Crippen molar-refractivity contribution in [2.75, 3.05) is 0 Å². The van der Waals surface area contributed by atoms with Gasteiger partial charge in [-0.15, -0.1) is 0 Å². The van der Waals surface area contributed by atoms with Crippen molar-refractivity contribution < 1.29 is 22.4 Å². The molecular weight excluding hydrogens is 259 g/mol. The van der Waals surface area contributed by atoms with Gasteiger partial charge < -0.3 is 11.4 Å². The van der Waals surface area contributed by atoms with Gasteiger partial charge in [0.05, 0.1) is 0 Å². The van der Waals surface area contributed by atoms with Crippen molar-refractivity contribution in [3.8, 4) is 0 Å². The van der Waals surface area contributed by atoms with E-state index in [1.54, 1.807) is 0 Å². The SMILES string of the molecule is [Au+3].[C-]#[N+][CH2-].[CH-]=C. The van der Waals surface area contributed by atoms with Crippen LogP contribution < -0.4 is 0 Å². The summed E-state index contributed by atoms with van der Waals surface area (Å²) >= 11 is 0. The number of rotatable bonds is 0. The topological polar surface area (TPSA) is 4.36 Å². The van der Waals surface area contributed by atoms with E-state index < -0.39 is 0 Å². The molecular formula is C4H5AuN+. The van der Waals surface area contributed by atoms with Gasteiger partial charge in [0.1, 0.15) is 0 Å². The van der Waals surface area contributed by atoms with Crippen LogP contribution in [0.25, 0.3) is 4.85 Å². The van der Waals surface area contributed by atoms with Crippen LogP contribution in [0, 0.1) is 20.2 Å². The molecule has 0 aliphatic heterocycles. The average molecular weight is 264 g/mol. The van der Waals surface area contributed by atoms with Crippen molar-refractivity contribution >= 4 is 0 Å². The molecule has 0 aromatic carbocycles. The summed E-state index contributed by atoms with van der Waals surface area (Å²) in [4.78, 5) is 2.50. The number of hydrogen-bond acceptors (Lipinski definition) is 0. The Morgan fingerprint density at radius 2 is 1.67 bits per heavy atom. The first-order valence-corrected chi connectivity index (χ1v) is 0.948. The summed E-state index contributed by atoms with van der Waals surface area (Å²) in [6, 6.07) is 0. The Labute approximate surface area is 54.4 Å². The van der Waals surface area contributed by atoms with Gasteiger partial charge in [0.2, 0.25) is 0 Å². The molecule has 0 aliphatic carbocycles. The van der Waals surface area contributed by atoms with Crippen LogP contribution >= 0.6 is 0 Å². The molecule has 0 bridgehead atoms. The fourth-order valence-corrected chi connectivity index (χ4v) is 0. The summed E-state index contributed by atoms with van der Waals surface area (Å²) in [7, 11) is 2.78. The Morgan fingerprint density at radius 1 is 1.67 bits per heavy atom. The van der Waals surface area contributed by atoms with Crippen LogP contribution in [0.4, 0.5) is 0 Å². The molecule has 0 aromatic rings. The van der Waals surface area contributed by atoms with E-state index in [-0.39, 0.29) is 22.4 Å². The minimum Gasteiger partial charge on any atom is -0.521 e. The Kier molecular flexibility index (Phi) is 286. The molecule has 0 aliphatic rings. The molecule has 0 aromatic heterocycles. The maximum atomic E-state index is 5.72. The average Bonchev–Trinajstić information content (AvgIpc) is 1.46. The zero-order valence-corrected chi connectivity index (χ0v) is 5.41. The predicted molar refractivity (Wildman–Crippen MR) is 21.9 cm³/mol. The second-order valence-corrected chi connectivity index (χ2v) is 0.158. The smallest absolute Gasteiger partial charge is 0.521 e. The Morgan fingerprint density at radius 3 is 1.67 bits per heavy atom. The first-order valence-electron chi connectivity index (χ1n) is 0.948. The van der Waals surface area contributed by atoms with Gasteiger partial charge in [0.25, 0.3) is 0 Å². The van der Waals surface area contributed by atoms with E-state index in [0.717, 1.165) is 0 Å². The predicted octanol–water partition coefficient (Wildman–Crippen LogP) is 1.30. The molecule has 0 saturated carbocycles. The Balaban J connectivity index is -0.0000000275. The van der Waals surface area contributed by atoms with Gasteiger partial charge in [-0.1, -0.05) is 7.05 Å². The van der Waals surface area contributed by atoms with Crippen LogP contribution in [0.15, 0.2) is 6.58 Å². The molecule has 1 nitrogen and oxygen atoms in total. The first kappa shape index (κ1) is 17.0. The van der Waals surface area contributed by atoms with Crippen molar-refractivity contribution in [2.45, 2.75) is 0 Å². The first-order chi connectivity index (χ1) is 2.41. The largest absolute Gasteiger partial charge is 3.00 e. The van der Waals surface area contributed by atoms with Gasteiger partial charge in [0.15, 0.2) is 0 Å². The van der Waals surface area contributed by atoms with Crippen LogP contribution in [-0.2, 0) is 22.4 Å². The van der Waals surface area contributed by atoms with Crippen LogP contribution in [-0.4, -0.2) is 0 Å². The molecule has 0 rings (SSSR count). The van der Waals surface area contributed by atoms with Crippen LogP contribution in [0.2, 0.25) is 0 Å². The summed E-state index contributed by atoms with van der Waals surface area (Å²) in [6.45, 7) is 12.7. The second-order valence-electron chi connectivity index (χ2n) is 0.158. The Hall–Kier alpha value is -0.160. The maximum Gasteiger partial charge on any atom is 3.00 e. The number of hydrogen-bond donors (Lipinski definition) is 0. The standard InChI is InChI=1S/C2H2N.C2H3.Au/c1-3-2;1-2;/h1H2;1H,2H2;/q2*-1;+3. The zero-order chi connectivity index (χ0) is 4.71. The fraction of sp³-hybridized carbons (Fsp3) is 0. The molecule has 0 spiro atoms. The third kappa shape index (κ3) is 1210.